The summed E-state index contributed by atoms with van der Waals surface area (Å²) >= 11 is 0. The van der Waals surface area contributed by atoms with Crippen molar-refractivity contribution < 1.29 is 28.9 Å². The lowest BCUT2D eigenvalue weighted by atomic mass is 9.76. The zero-order chi connectivity index (χ0) is 25.4. The number of fused-ring (bicyclic) bond motifs is 5. The molecule has 2 aromatic carbocycles. The summed E-state index contributed by atoms with van der Waals surface area (Å²) in [6, 6.07) is 14.0. The number of amides is 2. The van der Waals surface area contributed by atoms with Gasteiger partial charge in [0.2, 0.25) is 11.8 Å². The highest BCUT2D eigenvalue weighted by Crippen LogP contribution is 2.46. The second kappa shape index (κ2) is 10.4. The number of aliphatic hydroxyl groups excluding tert-OH is 1. The van der Waals surface area contributed by atoms with Crippen LogP contribution in [0.4, 0.5) is 5.69 Å². The van der Waals surface area contributed by atoms with Crippen molar-refractivity contribution in [3.8, 4) is 5.75 Å². The molecule has 37 heavy (non-hydrogen) atoms. The van der Waals surface area contributed by atoms with E-state index in [9.17, 15) is 14.7 Å². The topological polar surface area (TPSA) is 97.3 Å². The average molecular weight is 507 g/mol. The van der Waals surface area contributed by atoms with Crippen molar-refractivity contribution in [2.45, 2.75) is 62.9 Å². The Morgan fingerprint density at radius 1 is 1.14 bits per heavy atom. The first kappa shape index (κ1) is 24.4. The van der Waals surface area contributed by atoms with E-state index in [1.54, 1.807) is 0 Å². The fraction of sp³-hybridized carbons (Fsp3) is 0.517. The Bertz CT molecular complexity index is 1160. The third-order valence-electron chi connectivity index (χ3n) is 8.23. The van der Waals surface area contributed by atoms with Gasteiger partial charge in [-0.25, -0.2) is 0 Å². The highest BCUT2D eigenvalue weighted by molar-refractivity contribution is 5.95. The van der Waals surface area contributed by atoms with Crippen molar-refractivity contribution in [1.29, 1.82) is 0 Å². The highest BCUT2D eigenvalue weighted by Gasteiger charge is 2.46. The Morgan fingerprint density at radius 3 is 2.76 bits per heavy atom. The molecule has 2 amide bonds. The molecule has 0 aliphatic carbocycles. The smallest absolute Gasteiger partial charge is 0.230 e. The summed E-state index contributed by atoms with van der Waals surface area (Å²) in [5.41, 5.74) is 4.14. The molecule has 4 aliphatic heterocycles. The van der Waals surface area contributed by atoms with Crippen LogP contribution in [0.5, 0.6) is 5.75 Å². The zero-order valence-corrected chi connectivity index (χ0v) is 20.9. The lowest BCUT2D eigenvalue weighted by Crippen LogP contribution is -2.48. The summed E-state index contributed by atoms with van der Waals surface area (Å²) in [7, 11) is 0. The van der Waals surface area contributed by atoms with Gasteiger partial charge in [0.25, 0.3) is 0 Å². The molecule has 0 saturated carbocycles. The van der Waals surface area contributed by atoms with Crippen LogP contribution in [0, 0.1) is 5.92 Å². The number of carbonyl (C=O) groups is 2. The number of anilines is 1. The normalized spacial score (nSPS) is 27.5. The van der Waals surface area contributed by atoms with Gasteiger partial charge in [0, 0.05) is 43.1 Å². The van der Waals surface area contributed by atoms with Crippen LogP contribution in [0.15, 0.2) is 42.5 Å². The minimum atomic E-state index is -0.691. The van der Waals surface area contributed by atoms with Gasteiger partial charge in [-0.05, 0) is 42.2 Å². The molecule has 196 valence electrons. The van der Waals surface area contributed by atoms with Gasteiger partial charge in [0.15, 0.2) is 0 Å². The number of hydrogen-bond donors (Lipinski definition) is 2. The number of benzene rings is 2. The van der Waals surface area contributed by atoms with Crippen molar-refractivity contribution in [3.05, 3.63) is 59.2 Å². The quantitative estimate of drug-likeness (QED) is 0.647. The highest BCUT2D eigenvalue weighted by atomic mass is 16.5. The van der Waals surface area contributed by atoms with E-state index in [2.05, 4.69) is 17.4 Å². The Hall–Kier alpha value is -2.94. The molecule has 4 heterocycles. The standard InChI is InChI=1S/C29H34N2O6/c32-17-26-28-24(14-22(37-26)15-27(33)31-10-7-18-3-1-2-4-19(18)16-31)23-13-20(30-29(28)34)5-6-25(23)36-21-8-11-35-12-9-21/h1-6,13,21-22,24,26,28,32H,7-12,14-17H2,(H,30,34)/t22-,24+,26-,28-/m1/s1. The fourth-order valence-electron chi connectivity index (χ4n) is 6.29. The van der Waals surface area contributed by atoms with E-state index in [1.165, 1.54) is 11.1 Å². The second-order valence-corrected chi connectivity index (χ2v) is 10.6. The van der Waals surface area contributed by atoms with Crippen LogP contribution in [0.3, 0.4) is 0 Å². The van der Waals surface area contributed by atoms with Gasteiger partial charge in [0.05, 0.1) is 44.4 Å². The van der Waals surface area contributed by atoms with Crippen molar-refractivity contribution in [3.63, 3.8) is 0 Å². The molecule has 2 N–H and O–H groups in total. The second-order valence-electron chi connectivity index (χ2n) is 10.6. The summed E-state index contributed by atoms with van der Waals surface area (Å²) < 4.78 is 18.1. The van der Waals surface area contributed by atoms with Crippen LogP contribution in [0.25, 0.3) is 0 Å². The first-order chi connectivity index (χ1) is 18.1. The molecule has 8 heteroatoms. The van der Waals surface area contributed by atoms with E-state index in [4.69, 9.17) is 14.2 Å². The summed E-state index contributed by atoms with van der Waals surface area (Å²) in [5.74, 6) is -0.142. The summed E-state index contributed by atoms with van der Waals surface area (Å²) in [5, 5.41) is 13.2. The lowest BCUT2D eigenvalue weighted by Gasteiger charge is -2.41. The third kappa shape index (κ3) is 4.98. The van der Waals surface area contributed by atoms with Crippen LogP contribution in [-0.2, 0) is 32.0 Å². The molecule has 0 spiro atoms. The van der Waals surface area contributed by atoms with Gasteiger partial charge in [-0.3, -0.25) is 9.59 Å². The van der Waals surface area contributed by atoms with Crippen molar-refractivity contribution in [2.75, 3.05) is 31.7 Å². The van der Waals surface area contributed by atoms with Crippen LogP contribution in [-0.4, -0.2) is 66.5 Å². The fourth-order valence-corrected chi connectivity index (χ4v) is 6.29. The van der Waals surface area contributed by atoms with Gasteiger partial charge in [-0.2, -0.15) is 0 Å². The predicted octanol–water partition coefficient (Wildman–Crippen LogP) is 3.02. The molecule has 4 aliphatic rings. The Kier molecular flexibility index (Phi) is 6.88. The van der Waals surface area contributed by atoms with Gasteiger partial charge in [0.1, 0.15) is 11.9 Å². The van der Waals surface area contributed by atoms with Crippen molar-refractivity contribution in [1.82, 2.24) is 4.90 Å². The van der Waals surface area contributed by atoms with Gasteiger partial charge < -0.3 is 29.5 Å². The molecule has 8 nitrogen and oxygen atoms in total. The molecule has 0 unspecified atom stereocenters. The number of ether oxygens (including phenoxy) is 3. The van der Waals surface area contributed by atoms with Gasteiger partial charge >= 0.3 is 0 Å². The van der Waals surface area contributed by atoms with E-state index in [0.717, 1.165) is 30.6 Å². The molecule has 2 saturated heterocycles. The third-order valence-corrected chi connectivity index (χ3v) is 8.23. The van der Waals surface area contributed by atoms with Gasteiger partial charge in [-0.1, -0.05) is 24.3 Å². The van der Waals surface area contributed by atoms with E-state index in [-0.39, 0.29) is 36.9 Å². The number of nitrogens with one attached hydrogen (secondary N) is 1. The number of carbonyl (C=O) groups excluding carboxylic acids is 2. The lowest BCUT2D eigenvalue weighted by molar-refractivity contribution is -0.152. The Labute approximate surface area is 216 Å². The molecule has 2 bridgehead atoms. The maximum absolute atomic E-state index is 13.3. The van der Waals surface area contributed by atoms with Crippen LogP contribution in [0.1, 0.15) is 48.3 Å². The van der Waals surface area contributed by atoms with Crippen LogP contribution < -0.4 is 10.1 Å². The first-order valence-corrected chi connectivity index (χ1v) is 13.4. The maximum atomic E-state index is 13.3. The van der Waals surface area contributed by atoms with Crippen molar-refractivity contribution >= 4 is 17.5 Å². The molecular weight excluding hydrogens is 472 g/mol. The first-order valence-electron chi connectivity index (χ1n) is 13.4. The minimum Gasteiger partial charge on any atom is -0.490 e. The van der Waals surface area contributed by atoms with E-state index >= 15 is 0 Å². The molecule has 0 aromatic heterocycles. The Morgan fingerprint density at radius 2 is 1.95 bits per heavy atom. The minimum absolute atomic E-state index is 0.0418. The zero-order valence-electron chi connectivity index (χ0n) is 20.9. The molecule has 6 rings (SSSR count). The van der Waals surface area contributed by atoms with E-state index < -0.39 is 18.1 Å². The summed E-state index contributed by atoms with van der Waals surface area (Å²) in [6.07, 6.45) is 2.21. The molecule has 4 atom stereocenters. The SMILES string of the molecule is O=C1Nc2ccc(OC3CCOCC3)c(c2)[C@@H]2C[C@H](CC(=O)N3CCc4ccccc4C3)O[C@H](CO)[C@H]12. The molecule has 2 aromatic rings. The number of rotatable bonds is 5. The van der Waals surface area contributed by atoms with E-state index in [0.29, 0.717) is 38.4 Å². The van der Waals surface area contributed by atoms with Crippen molar-refractivity contribution in [2.24, 2.45) is 5.92 Å². The largest absolute Gasteiger partial charge is 0.490 e. The van der Waals surface area contributed by atoms with Crippen LogP contribution in [0.2, 0.25) is 0 Å². The van der Waals surface area contributed by atoms with Gasteiger partial charge in [-0.15, -0.1) is 0 Å². The monoisotopic (exact) mass is 506 g/mol. The molecule has 0 radical (unpaired) electrons. The molecule has 2 fully saturated rings. The maximum Gasteiger partial charge on any atom is 0.230 e. The van der Waals surface area contributed by atoms with Crippen LogP contribution >= 0.6 is 0 Å². The summed E-state index contributed by atoms with van der Waals surface area (Å²) in [4.78, 5) is 28.5. The predicted molar refractivity (Wildman–Crippen MR) is 136 cm³/mol. The average Bonchev–Trinajstić information content (AvgIpc) is 3.04. The van der Waals surface area contributed by atoms with E-state index in [1.807, 2.05) is 35.2 Å². The number of nitrogens with zero attached hydrogens (tertiary/aromatic N) is 1. The number of hydrogen-bond acceptors (Lipinski definition) is 6. The summed E-state index contributed by atoms with van der Waals surface area (Å²) in [6.45, 7) is 2.35. The Balaban J connectivity index is 1.22. The molecular formula is C29H34N2O6. The number of aliphatic hydroxyl groups is 1.